The molecule has 1 spiro atoms. The minimum atomic E-state index is -0.970. The molecule has 0 radical (unpaired) electrons. The Labute approximate surface area is 352 Å². The number of aromatic nitrogens is 3. The number of amides is 5. The molecule has 6 heterocycles. The van der Waals surface area contributed by atoms with Gasteiger partial charge >= 0.3 is 0 Å². The van der Waals surface area contributed by atoms with E-state index in [4.69, 9.17) is 10.1 Å². The Balaban J connectivity index is 0.709. The SMILES string of the molecule is N=C1C=C(OCC2CC2)C(NC(=O)c2cnn3cccnc23)=C/C1=C/N=CC1CCC(N2CC3(CCN(c4ccc5c(c4)C(=O)N(C4CCC(=O)NC4=O)C5=O)CC3)C2)CC1. The van der Waals surface area contributed by atoms with Gasteiger partial charge in [0, 0.05) is 80.8 Å². The Kier molecular flexibility index (Phi) is 9.96. The van der Waals surface area contributed by atoms with Crippen LogP contribution < -0.4 is 15.5 Å². The highest BCUT2D eigenvalue weighted by Crippen LogP contribution is 2.45. The van der Waals surface area contributed by atoms with Crippen molar-refractivity contribution in [2.75, 3.05) is 37.7 Å². The summed E-state index contributed by atoms with van der Waals surface area (Å²) in [4.78, 5) is 79.0. The number of benzene rings is 1. The zero-order valence-corrected chi connectivity index (χ0v) is 33.8. The number of fused-ring (bicyclic) bond motifs is 2. The molecule has 1 aromatic carbocycles. The molecule has 10 rings (SSSR count). The van der Waals surface area contributed by atoms with Crippen LogP contribution in [0.1, 0.15) is 95.3 Å². The molecule has 7 aliphatic rings. The quantitative estimate of drug-likeness (QED) is 0.197. The fourth-order valence-electron chi connectivity index (χ4n) is 9.74. The van der Waals surface area contributed by atoms with Gasteiger partial charge in [-0.15, -0.1) is 0 Å². The van der Waals surface area contributed by atoms with Crippen molar-refractivity contribution in [3.63, 3.8) is 0 Å². The van der Waals surface area contributed by atoms with Crippen molar-refractivity contribution < 1.29 is 28.7 Å². The predicted molar refractivity (Wildman–Crippen MR) is 224 cm³/mol. The third-order valence-electron chi connectivity index (χ3n) is 13.6. The molecule has 1 atom stereocenters. The van der Waals surface area contributed by atoms with Crippen LogP contribution >= 0.6 is 0 Å². The number of aliphatic imine (C=N–C) groups is 1. The number of piperidine rings is 2. The number of likely N-dealkylation sites (tertiary alicyclic amines) is 1. The van der Waals surface area contributed by atoms with Crippen LogP contribution in [0, 0.1) is 22.7 Å². The third-order valence-corrected chi connectivity index (χ3v) is 13.6. The van der Waals surface area contributed by atoms with Crippen molar-refractivity contribution in [3.8, 4) is 0 Å². The highest BCUT2D eigenvalue weighted by Gasteiger charge is 2.48. The van der Waals surface area contributed by atoms with E-state index in [1.807, 2.05) is 12.3 Å². The van der Waals surface area contributed by atoms with Crippen LogP contribution in [0.2, 0.25) is 0 Å². The molecule has 2 aromatic heterocycles. The van der Waals surface area contributed by atoms with E-state index in [9.17, 15) is 24.0 Å². The zero-order chi connectivity index (χ0) is 41.8. The van der Waals surface area contributed by atoms with E-state index in [-0.39, 0.29) is 30.4 Å². The summed E-state index contributed by atoms with van der Waals surface area (Å²) in [5.41, 5.74) is 3.97. The van der Waals surface area contributed by atoms with E-state index in [0.29, 0.717) is 69.3 Å². The molecule has 2 saturated carbocycles. The smallest absolute Gasteiger partial charge is 0.262 e. The first kappa shape index (κ1) is 38.9. The van der Waals surface area contributed by atoms with Gasteiger partial charge in [0.25, 0.3) is 17.7 Å². The number of nitrogens with one attached hydrogen (secondary N) is 3. The summed E-state index contributed by atoms with van der Waals surface area (Å²) in [6.07, 6.45) is 20.9. The van der Waals surface area contributed by atoms with Gasteiger partial charge in [0.2, 0.25) is 11.8 Å². The maximum Gasteiger partial charge on any atom is 0.262 e. The minimum absolute atomic E-state index is 0.0939. The van der Waals surface area contributed by atoms with Gasteiger partial charge in [0.15, 0.2) is 5.65 Å². The van der Waals surface area contributed by atoms with Crippen molar-refractivity contribution >= 4 is 52.8 Å². The molecule has 314 valence electrons. The lowest BCUT2D eigenvalue weighted by Gasteiger charge is -2.57. The molecular weight excluding hydrogens is 777 g/mol. The van der Waals surface area contributed by atoms with E-state index in [1.54, 1.807) is 53.5 Å². The molecule has 61 heavy (non-hydrogen) atoms. The number of imide groups is 2. The molecular formula is C45H48N10O6. The van der Waals surface area contributed by atoms with Crippen molar-refractivity contribution in [2.24, 2.45) is 22.2 Å². The largest absolute Gasteiger partial charge is 0.491 e. The Morgan fingerprint density at radius 2 is 1.79 bits per heavy atom. The van der Waals surface area contributed by atoms with E-state index in [0.717, 1.165) is 88.1 Å². The van der Waals surface area contributed by atoms with Crippen molar-refractivity contribution in [3.05, 3.63) is 94.9 Å². The lowest BCUT2D eigenvalue weighted by Crippen LogP contribution is -2.63. The van der Waals surface area contributed by atoms with Gasteiger partial charge in [-0.3, -0.25) is 44.1 Å². The van der Waals surface area contributed by atoms with Crippen molar-refractivity contribution in [1.82, 2.24) is 35.0 Å². The number of carbonyl (C=O) groups excluding carboxylic acids is 5. The first-order valence-electron chi connectivity index (χ1n) is 21.4. The Hall–Kier alpha value is -6.29. The number of nitrogens with zero attached hydrogens (tertiary/aromatic N) is 7. The lowest BCUT2D eigenvalue weighted by molar-refractivity contribution is -0.136. The highest BCUT2D eigenvalue weighted by atomic mass is 16.5. The van der Waals surface area contributed by atoms with Crippen molar-refractivity contribution in [1.29, 1.82) is 5.41 Å². The molecule has 3 aliphatic carbocycles. The summed E-state index contributed by atoms with van der Waals surface area (Å²) in [6, 6.07) is 6.73. The molecule has 16 nitrogen and oxygen atoms in total. The summed E-state index contributed by atoms with van der Waals surface area (Å²) < 4.78 is 7.63. The van der Waals surface area contributed by atoms with Crippen LogP contribution in [0.4, 0.5) is 5.69 Å². The van der Waals surface area contributed by atoms with Gasteiger partial charge in [-0.1, -0.05) is 0 Å². The van der Waals surface area contributed by atoms with Gasteiger partial charge < -0.3 is 20.4 Å². The van der Waals surface area contributed by atoms with Crippen LogP contribution in [0.3, 0.4) is 0 Å². The lowest BCUT2D eigenvalue weighted by atomic mass is 9.70. The second-order valence-corrected chi connectivity index (χ2v) is 17.7. The normalized spacial score (nSPS) is 26.1. The molecule has 0 bridgehead atoms. The van der Waals surface area contributed by atoms with Crippen LogP contribution in [0.15, 0.2) is 83.2 Å². The van der Waals surface area contributed by atoms with Gasteiger partial charge in [0.1, 0.15) is 17.4 Å². The average Bonchev–Trinajstić information content (AvgIpc) is 3.93. The average molecular weight is 825 g/mol. The third kappa shape index (κ3) is 7.57. The maximum absolute atomic E-state index is 13.4. The summed E-state index contributed by atoms with van der Waals surface area (Å²) in [5.74, 6) is -0.986. The summed E-state index contributed by atoms with van der Waals surface area (Å²) in [7, 11) is 0. The van der Waals surface area contributed by atoms with E-state index < -0.39 is 23.8 Å². The van der Waals surface area contributed by atoms with E-state index in [1.165, 1.54) is 6.20 Å². The number of anilines is 1. The monoisotopic (exact) mass is 824 g/mol. The van der Waals surface area contributed by atoms with Gasteiger partial charge in [-0.25, -0.2) is 9.50 Å². The van der Waals surface area contributed by atoms with Crippen LogP contribution in [-0.2, 0) is 14.3 Å². The van der Waals surface area contributed by atoms with Gasteiger partial charge in [-0.05, 0) is 105 Å². The van der Waals surface area contributed by atoms with Gasteiger partial charge in [0.05, 0.1) is 35.3 Å². The number of ether oxygens (including phenoxy) is 1. The Morgan fingerprint density at radius 3 is 2.56 bits per heavy atom. The number of hydrogen-bond acceptors (Lipinski definition) is 12. The first-order valence-corrected chi connectivity index (χ1v) is 21.4. The molecule has 5 fully saturated rings. The van der Waals surface area contributed by atoms with Crippen LogP contribution in [0.25, 0.3) is 5.65 Å². The summed E-state index contributed by atoms with van der Waals surface area (Å²) in [6.45, 7) is 4.47. The van der Waals surface area contributed by atoms with E-state index >= 15 is 0 Å². The second-order valence-electron chi connectivity index (χ2n) is 17.7. The number of carbonyl (C=O) groups is 5. The predicted octanol–water partition coefficient (Wildman–Crippen LogP) is 4.20. The zero-order valence-electron chi connectivity index (χ0n) is 33.8. The maximum atomic E-state index is 13.4. The topological polar surface area (TPSA) is 195 Å². The van der Waals surface area contributed by atoms with Crippen LogP contribution in [0.5, 0.6) is 0 Å². The molecule has 3 aromatic rings. The van der Waals surface area contributed by atoms with Gasteiger partial charge in [-0.2, -0.15) is 5.10 Å². The summed E-state index contributed by atoms with van der Waals surface area (Å²) >= 11 is 0. The molecule has 4 aliphatic heterocycles. The molecule has 16 heteroatoms. The fourth-order valence-corrected chi connectivity index (χ4v) is 9.74. The van der Waals surface area contributed by atoms with Crippen LogP contribution in [-0.4, -0.2) is 111 Å². The molecule has 3 saturated heterocycles. The molecule has 5 amide bonds. The fraction of sp³-hybridized carbons (Fsp3) is 0.444. The Bertz CT molecular complexity index is 2470. The highest BCUT2D eigenvalue weighted by molar-refractivity contribution is 6.23. The van der Waals surface area contributed by atoms with E-state index in [2.05, 4.69) is 35.5 Å². The van der Waals surface area contributed by atoms with Crippen molar-refractivity contribution in [2.45, 2.75) is 76.3 Å². The minimum Gasteiger partial charge on any atom is -0.491 e. The summed E-state index contributed by atoms with van der Waals surface area (Å²) in [5, 5.41) is 18.2. The molecule has 1 unspecified atom stereocenters. The first-order chi connectivity index (χ1) is 29.6. The molecule has 3 N–H and O–H groups in total. The number of hydrogen-bond donors (Lipinski definition) is 3. The standard InChI is InChI=1S/C45H48N10O6/c46-35-20-38(61-24-28-2-3-28)36(50-41(57)34-23-49-54-15-1-14-48-40(34)54)18-29(35)22-47-21-27-4-6-30(7-5-27)53-25-45(26-53)12-16-52(17-13-45)31-8-9-32-33(19-31)44(60)55(43(32)59)37-10-11-39(56)51-42(37)58/h1,8-9,14-15,18-23,27-28,30,37,46H,2-7,10-13,16-17,24-26H2,(H,50,57)(H,51,56,58)/b29-22-,46-35?,47-21?. The second kappa shape index (κ2) is 15.6. The number of rotatable bonds is 10. The Morgan fingerprint density at radius 1 is 1.00 bits per heavy atom. The number of allylic oxidation sites excluding steroid dienone is 3.